The molecule has 2 aliphatic heterocycles. The van der Waals surface area contributed by atoms with Gasteiger partial charge in [0.05, 0.1) is 22.3 Å². The predicted molar refractivity (Wildman–Crippen MR) is 391 cm³/mol. The largest absolute Gasteiger partial charge is 0.487 e. The van der Waals surface area contributed by atoms with Gasteiger partial charge in [0, 0.05) is 146 Å². The molecule has 2 aliphatic rings. The Kier molecular flexibility index (Phi) is 30.1. The summed E-state index contributed by atoms with van der Waals surface area (Å²) in [5.74, 6) is -4.05. The number of carbonyl (C=O) groups is 11. The molecule has 552 valence electrons. The summed E-state index contributed by atoms with van der Waals surface area (Å²) in [6.45, 7) is 10.9. The lowest BCUT2D eigenvalue weighted by atomic mass is 10.0. The first-order valence-corrected chi connectivity index (χ1v) is 35.1. The molecule has 0 aliphatic carbocycles. The summed E-state index contributed by atoms with van der Waals surface area (Å²) in [5.41, 5.74) is 2.91. The third-order valence-electron chi connectivity index (χ3n) is 17.5. The Morgan fingerprint density at radius 2 is 0.760 bits per heavy atom. The third-order valence-corrected chi connectivity index (χ3v) is 17.5. The Balaban J connectivity index is 1.13. The fourth-order valence-corrected chi connectivity index (χ4v) is 11.9. The van der Waals surface area contributed by atoms with Crippen LogP contribution in [-0.4, -0.2) is 215 Å². The van der Waals surface area contributed by atoms with E-state index in [0.717, 1.165) is 11.1 Å². The van der Waals surface area contributed by atoms with Crippen LogP contribution in [0.15, 0.2) is 133 Å². The summed E-state index contributed by atoms with van der Waals surface area (Å²) in [6, 6.07) is 36.8. The van der Waals surface area contributed by atoms with Gasteiger partial charge >= 0.3 is 6.09 Å². The highest BCUT2D eigenvalue weighted by Crippen LogP contribution is 2.28. The molecule has 6 aromatic rings. The van der Waals surface area contributed by atoms with Crippen LogP contribution < -0.4 is 57.3 Å². The van der Waals surface area contributed by atoms with Crippen LogP contribution in [0.4, 0.5) is 4.79 Å². The quantitative estimate of drug-likeness (QED) is 0.0454. The number of benzene rings is 6. The molecule has 0 saturated carbocycles. The van der Waals surface area contributed by atoms with E-state index in [-0.39, 0.29) is 187 Å². The van der Waals surface area contributed by atoms with Crippen molar-refractivity contribution < 1.29 is 67.0 Å². The average Bonchev–Trinajstić information content (AvgIpc) is 0.828. The first-order chi connectivity index (χ1) is 50.2. The molecular formula is C77H95N13O14. The molecule has 104 heavy (non-hydrogen) atoms. The second kappa shape index (κ2) is 39.9. The molecule has 8 rings (SSSR count). The highest BCUT2D eigenvalue weighted by Gasteiger charge is 2.28. The standard InChI is InChI=1S/C77H95N13O14/c1-53-58-23-14-25-60(53)70(95)80-35-42-89(51-91)44-37-83-73(98)63-28-16-27-62(66(63)102-49-55-18-8-6-9-19-55)72(97)82-33-40-87(39-32-78-68(58)93)46-47-88-41-34-79-69(94)59-24-15-26-61(54(59)2)71(96)81-36-43-90(52-92)45-38-84-74(99)64-29-17-30-65(67(64)103-50-56-20-10-7-11-21-56)75(100)86-57(48-88)22-12-13-31-85-76(101)104-77(3,4)5/h6-11,14-21,23-30,51-52,57H,12-13,22,31-50H2,1-5H3,(H,78,93)(H,79,94)(H,80,95)(H,81,96)(H,82,97)(H,83,98)(H,84,99)(H,85,101)(H,86,100). The maximum Gasteiger partial charge on any atom is 0.407 e. The van der Waals surface area contributed by atoms with Crippen molar-refractivity contribution in [1.82, 2.24) is 67.5 Å². The van der Waals surface area contributed by atoms with Crippen LogP contribution in [0, 0.1) is 13.8 Å². The zero-order valence-electron chi connectivity index (χ0n) is 59.7. The molecule has 9 N–H and O–H groups in total. The molecule has 27 nitrogen and oxygen atoms in total. The van der Waals surface area contributed by atoms with Gasteiger partial charge in [-0.2, -0.15) is 0 Å². The van der Waals surface area contributed by atoms with Crippen LogP contribution in [0.1, 0.15) is 145 Å². The number of amides is 11. The van der Waals surface area contributed by atoms with Crippen molar-refractivity contribution in [3.63, 3.8) is 0 Å². The minimum Gasteiger partial charge on any atom is -0.487 e. The molecule has 27 heteroatoms. The van der Waals surface area contributed by atoms with Crippen molar-refractivity contribution in [3.8, 4) is 11.5 Å². The summed E-state index contributed by atoms with van der Waals surface area (Å²) in [6.07, 6.45) is 1.96. The predicted octanol–water partition coefficient (Wildman–Crippen LogP) is 5.01. The maximum atomic E-state index is 15.2. The minimum absolute atomic E-state index is 0.000192. The molecular weight excluding hydrogens is 1330 g/mol. The lowest BCUT2D eigenvalue weighted by molar-refractivity contribution is -0.118. The van der Waals surface area contributed by atoms with Crippen molar-refractivity contribution in [2.24, 2.45) is 0 Å². The molecule has 1 atom stereocenters. The molecule has 0 spiro atoms. The van der Waals surface area contributed by atoms with Crippen molar-refractivity contribution in [2.75, 3.05) is 118 Å². The van der Waals surface area contributed by atoms with E-state index < -0.39 is 65.0 Å². The van der Waals surface area contributed by atoms with Gasteiger partial charge in [0.25, 0.3) is 47.3 Å². The fraction of sp³-hybridized carbons (Fsp3) is 0.390. The van der Waals surface area contributed by atoms with Crippen LogP contribution in [0.5, 0.6) is 11.5 Å². The summed E-state index contributed by atoms with van der Waals surface area (Å²) in [5, 5.41) is 26.5. The number of carbonyl (C=O) groups excluding carboxylic acids is 11. The molecule has 2 heterocycles. The smallest absolute Gasteiger partial charge is 0.407 e. The summed E-state index contributed by atoms with van der Waals surface area (Å²) < 4.78 is 18.3. The van der Waals surface area contributed by atoms with Gasteiger partial charge in [0.15, 0.2) is 0 Å². The summed E-state index contributed by atoms with van der Waals surface area (Å²) >= 11 is 0. The summed E-state index contributed by atoms with van der Waals surface area (Å²) in [7, 11) is 0. The van der Waals surface area contributed by atoms with Crippen molar-refractivity contribution in [2.45, 2.75) is 78.7 Å². The lowest BCUT2D eigenvalue weighted by Crippen LogP contribution is -2.49. The van der Waals surface area contributed by atoms with Crippen molar-refractivity contribution >= 4 is 66.2 Å². The van der Waals surface area contributed by atoms with Crippen LogP contribution in [0.3, 0.4) is 0 Å². The van der Waals surface area contributed by atoms with Gasteiger partial charge in [-0.05, 0) is 125 Å². The number of alkyl carbamates (subject to hydrolysis) is 1. The van der Waals surface area contributed by atoms with Crippen LogP contribution in [-0.2, 0) is 27.5 Å². The zero-order chi connectivity index (χ0) is 74.4. The number of unbranched alkanes of at least 4 members (excludes halogenated alkanes) is 1. The zero-order valence-corrected chi connectivity index (χ0v) is 59.7. The second-order valence-corrected chi connectivity index (χ2v) is 26.2. The molecule has 0 aromatic heterocycles. The number of nitrogens with one attached hydrogen (secondary N) is 9. The topological polar surface area (TPSA) is 337 Å². The van der Waals surface area contributed by atoms with Gasteiger partial charge in [-0.1, -0.05) is 84.9 Å². The number of nitrogens with zero attached hydrogens (tertiary/aromatic N) is 4. The normalized spacial score (nSPS) is 16.7. The molecule has 0 saturated heterocycles. The van der Waals surface area contributed by atoms with Crippen LogP contribution >= 0.6 is 0 Å². The lowest BCUT2D eigenvalue weighted by Gasteiger charge is -2.31. The maximum absolute atomic E-state index is 15.2. The van der Waals surface area contributed by atoms with E-state index in [4.69, 9.17) is 14.2 Å². The highest BCUT2D eigenvalue weighted by atomic mass is 16.6. The number of hydrogen-bond donors (Lipinski definition) is 9. The van der Waals surface area contributed by atoms with Crippen LogP contribution in [0.25, 0.3) is 0 Å². The Bertz CT molecular complexity index is 3960. The molecule has 0 radical (unpaired) electrons. The first-order valence-electron chi connectivity index (χ1n) is 35.1. The van der Waals surface area contributed by atoms with Crippen molar-refractivity contribution in [1.29, 1.82) is 0 Å². The molecule has 8 bridgehead atoms. The summed E-state index contributed by atoms with van der Waals surface area (Å²) in [4.78, 5) is 158. The van der Waals surface area contributed by atoms with E-state index in [1.54, 1.807) is 107 Å². The van der Waals surface area contributed by atoms with E-state index in [9.17, 15) is 47.9 Å². The second-order valence-electron chi connectivity index (χ2n) is 26.2. The fourth-order valence-electron chi connectivity index (χ4n) is 11.9. The SMILES string of the molecule is Cc1c2cccc1C(=O)NCCN(CCN1CCNC(=O)c3cccc(c3C)C(=O)NCCN(C=O)CCNC(=O)c3cccc(c3OCc3ccccc3)C(=O)NC(CCCCNC(=O)OC(C)(C)C)C1)CCNC(=O)c1cccc(c1OCc1ccccc1)C(=O)NCCN(C=O)CCNC2=O. The molecule has 0 fully saturated rings. The van der Waals surface area contributed by atoms with Gasteiger partial charge in [0.2, 0.25) is 12.8 Å². The Hall–Kier alpha value is -11.2. The van der Waals surface area contributed by atoms with E-state index in [1.165, 1.54) is 9.80 Å². The Morgan fingerprint density at radius 3 is 1.12 bits per heavy atom. The van der Waals surface area contributed by atoms with Gasteiger partial charge < -0.3 is 71.9 Å². The van der Waals surface area contributed by atoms with Crippen molar-refractivity contribution in [3.05, 3.63) is 200 Å². The van der Waals surface area contributed by atoms with Gasteiger partial charge in [-0.3, -0.25) is 57.7 Å². The molecule has 11 amide bonds. The minimum atomic E-state index is -0.735. The monoisotopic (exact) mass is 1430 g/mol. The molecule has 1 unspecified atom stereocenters. The number of rotatable bonds is 16. The molecule has 6 aromatic carbocycles. The number of fused-ring (bicyclic) bond motifs is 8. The van der Waals surface area contributed by atoms with E-state index in [0.29, 0.717) is 43.2 Å². The Morgan fingerprint density at radius 1 is 0.433 bits per heavy atom. The van der Waals surface area contributed by atoms with E-state index in [2.05, 4.69) is 52.8 Å². The average molecular weight is 1430 g/mol. The van der Waals surface area contributed by atoms with Gasteiger partial charge in [-0.25, -0.2) is 4.79 Å². The number of ether oxygens (including phenoxy) is 3. The Labute approximate surface area is 606 Å². The van der Waals surface area contributed by atoms with Crippen LogP contribution in [0.2, 0.25) is 0 Å². The number of hydrogen-bond acceptors (Lipinski definition) is 16. The first kappa shape index (κ1) is 78.5. The van der Waals surface area contributed by atoms with E-state index >= 15 is 4.79 Å². The van der Waals surface area contributed by atoms with Gasteiger partial charge in [-0.15, -0.1) is 0 Å². The third kappa shape index (κ3) is 24.0. The highest BCUT2D eigenvalue weighted by molar-refractivity contribution is 6.06. The number of para-hydroxylation sites is 2. The van der Waals surface area contributed by atoms with E-state index in [1.807, 2.05) is 65.6 Å². The van der Waals surface area contributed by atoms with Gasteiger partial charge in [0.1, 0.15) is 30.3 Å².